The third kappa shape index (κ3) is 4.50. The Bertz CT molecular complexity index is 1270. The van der Waals surface area contributed by atoms with Gasteiger partial charge in [0.15, 0.2) is 0 Å². The van der Waals surface area contributed by atoms with Gasteiger partial charge in [-0.25, -0.2) is 4.39 Å². The number of amides is 1. The van der Waals surface area contributed by atoms with Gasteiger partial charge in [0.1, 0.15) is 23.1 Å². The minimum atomic E-state index is -1.03. The van der Waals surface area contributed by atoms with Crippen molar-refractivity contribution < 1.29 is 28.9 Å². The number of hydrogen-bond acceptors (Lipinski definition) is 5. The van der Waals surface area contributed by atoms with Crippen LogP contribution in [-0.4, -0.2) is 28.5 Å². The fourth-order valence-corrected chi connectivity index (χ4v) is 3.86. The summed E-state index contributed by atoms with van der Waals surface area (Å²) >= 11 is 0. The van der Waals surface area contributed by atoms with Crippen LogP contribution in [0.25, 0.3) is 5.76 Å². The van der Waals surface area contributed by atoms with Crippen molar-refractivity contribution >= 4 is 23.1 Å². The van der Waals surface area contributed by atoms with E-state index in [0.29, 0.717) is 29.4 Å². The molecule has 174 valence electrons. The Labute approximate surface area is 196 Å². The lowest BCUT2D eigenvalue weighted by Gasteiger charge is -2.25. The van der Waals surface area contributed by atoms with Crippen molar-refractivity contribution in [2.45, 2.75) is 19.9 Å². The Hall–Kier alpha value is -4.13. The molecule has 3 aromatic carbocycles. The molecular weight excluding hydrogens is 437 g/mol. The predicted molar refractivity (Wildman–Crippen MR) is 126 cm³/mol. The molecule has 0 saturated carbocycles. The lowest BCUT2D eigenvalue weighted by Crippen LogP contribution is -2.29. The van der Waals surface area contributed by atoms with Gasteiger partial charge < -0.3 is 14.9 Å². The number of halogens is 1. The van der Waals surface area contributed by atoms with E-state index in [0.717, 1.165) is 0 Å². The largest absolute Gasteiger partial charge is 0.508 e. The third-order valence-corrected chi connectivity index (χ3v) is 5.43. The van der Waals surface area contributed by atoms with Gasteiger partial charge in [0.25, 0.3) is 11.7 Å². The number of benzene rings is 3. The van der Waals surface area contributed by atoms with Crippen LogP contribution < -0.4 is 9.64 Å². The van der Waals surface area contributed by atoms with E-state index in [2.05, 4.69) is 0 Å². The molecular formula is C27H24FNO5. The van der Waals surface area contributed by atoms with E-state index in [1.165, 1.54) is 41.3 Å². The summed E-state index contributed by atoms with van der Waals surface area (Å²) in [5, 5.41) is 21.3. The topological polar surface area (TPSA) is 87.1 Å². The number of ether oxygens (including phenoxy) is 1. The van der Waals surface area contributed by atoms with Crippen LogP contribution in [0.5, 0.6) is 11.5 Å². The first kappa shape index (κ1) is 23.0. The van der Waals surface area contributed by atoms with Crippen LogP contribution in [0.4, 0.5) is 10.1 Å². The van der Waals surface area contributed by atoms with Gasteiger partial charge in [0, 0.05) is 11.3 Å². The van der Waals surface area contributed by atoms with Crippen molar-refractivity contribution in [3.8, 4) is 11.5 Å². The molecule has 4 rings (SSSR count). The van der Waals surface area contributed by atoms with Crippen molar-refractivity contribution in [3.63, 3.8) is 0 Å². The maximum Gasteiger partial charge on any atom is 0.300 e. The molecule has 0 bridgehead atoms. The first-order chi connectivity index (χ1) is 16.3. The lowest BCUT2D eigenvalue weighted by molar-refractivity contribution is -0.132. The Morgan fingerprint density at radius 3 is 2.41 bits per heavy atom. The number of carbonyl (C=O) groups excluding carboxylic acids is 2. The highest BCUT2D eigenvalue weighted by molar-refractivity contribution is 6.51. The lowest BCUT2D eigenvalue weighted by atomic mass is 9.95. The number of ketones is 1. The minimum absolute atomic E-state index is 0.0636. The average molecular weight is 461 g/mol. The summed E-state index contributed by atoms with van der Waals surface area (Å²) in [5.74, 6) is -1.87. The zero-order chi connectivity index (χ0) is 24.4. The van der Waals surface area contributed by atoms with Crippen molar-refractivity contribution in [1.82, 2.24) is 0 Å². The first-order valence-corrected chi connectivity index (χ1v) is 10.8. The third-order valence-electron chi connectivity index (χ3n) is 5.43. The molecule has 0 aliphatic carbocycles. The SMILES string of the molecule is CC(C)COc1cccc(/C(O)=C2/C(=O)C(=O)N(c3ccc(F)cc3)C2c2cccc(O)c2)c1. The second-order valence-corrected chi connectivity index (χ2v) is 8.47. The van der Waals surface area contributed by atoms with Crippen LogP contribution >= 0.6 is 0 Å². The van der Waals surface area contributed by atoms with E-state index in [-0.39, 0.29) is 22.8 Å². The maximum atomic E-state index is 13.5. The summed E-state index contributed by atoms with van der Waals surface area (Å²) in [5.41, 5.74) is 0.867. The standard InChI is InChI=1S/C27H24FNO5/c1-16(2)15-34-22-8-4-6-18(14-22)25(31)23-24(17-5-3-7-21(30)13-17)29(27(33)26(23)32)20-11-9-19(28)10-12-20/h3-14,16,24,30-31H,15H2,1-2H3/b25-23-. The molecule has 0 spiro atoms. The predicted octanol–water partition coefficient (Wildman–Crippen LogP) is 5.19. The molecule has 3 aromatic rings. The molecule has 7 heteroatoms. The van der Waals surface area contributed by atoms with Crippen molar-refractivity contribution in [3.05, 3.63) is 95.3 Å². The molecule has 6 nitrogen and oxygen atoms in total. The van der Waals surface area contributed by atoms with Gasteiger partial charge in [-0.2, -0.15) is 0 Å². The number of nitrogens with zero attached hydrogens (tertiary/aromatic N) is 1. The van der Waals surface area contributed by atoms with E-state index in [1.54, 1.807) is 36.4 Å². The number of aromatic hydroxyl groups is 1. The number of hydrogen-bond donors (Lipinski definition) is 2. The zero-order valence-electron chi connectivity index (χ0n) is 18.7. The molecule has 0 aromatic heterocycles. The molecule has 1 unspecified atom stereocenters. The summed E-state index contributed by atoms with van der Waals surface area (Å²) < 4.78 is 19.3. The number of carbonyl (C=O) groups is 2. The number of Topliss-reactive ketones (excluding diaryl/α,β-unsaturated/α-hetero) is 1. The molecule has 34 heavy (non-hydrogen) atoms. The van der Waals surface area contributed by atoms with Gasteiger partial charge in [0.2, 0.25) is 0 Å². The smallest absolute Gasteiger partial charge is 0.300 e. The van der Waals surface area contributed by atoms with E-state index >= 15 is 0 Å². The molecule has 2 N–H and O–H groups in total. The van der Waals surface area contributed by atoms with E-state index in [1.807, 2.05) is 13.8 Å². The molecule has 1 saturated heterocycles. The highest BCUT2D eigenvalue weighted by atomic mass is 19.1. The van der Waals surface area contributed by atoms with Gasteiger partial charge in [-0.05, 0) is 60.0 Å². The van der Waals surface area contributed by atoms with Crippen molar-refractivity contribution in [1.29, 1.82) is 0 Å². The number of anilines is 1. The van der Waals surface area contributed by atoms with Gasteiger partial charge >= 0.3 is 0 Å². The molecule has 1 fully saturated rings. The molecule has 1 atom stereocenters. The zero-order valence-corrected chi connectivity index (χ0v) is 18.7. The summed E-state index contributed by atoms with van der Waals surface area (Å²) in [7, 11) is 0. The average Bonchev–Trinajstić information content (AvgIpc) is 3.08. The Kier molecular flexibility index (Phi) is 6.36. The van der Waals surface area contributed by atoms with Crippen LogP contribution in [0.2, 0.25) is 0 Å². The summed E-state index contributed by atoms with van der Waals surface area (Å²) in [6.07, 6.45) is 0. The normalized spacial score (nSPS) is 17.4. The van der Waals surface area contributed by atoms with Crippen molar-refractivity contribution in [2.75, 3.05) is 11.5 Å². The molecule has 1 aliphatic heterocycles. The monoisotopic (exact) mass is 461 g/mol. The maximum absolute atomic E-state index is 13.5. The van der Waals surface area contributed by atoms with Gasteiger partial charge in [-0.15, -0.1) is 0 Å². The van der Waals surface area contributed by atoms with Gasteiger partial charge in [-0.3, -0.25) is 14.5 Å². The van der Waals surface area contributed by atoms with E-state index < -0.39 is 23.5 Å². The molecule has 1 aliphatic rings. The number of phenols is 1. The first-order valence-electron chi connectivity index (χ1n) is 10.8. The summed E-state index contributed by atoms with van der Waals surface area (Å²) in [4.78, 5) is 27.5. The Balaban J connectivity index is 1.86. The highest BCUT2D eigenvalue weighted by Gasteiger charge is 2.47. The Morgan fingerprint density at radius 2 is 1.74 bits per heavy atom. The second-order valence-electron chi connectivity index (χ2n) is 8.47. The van der Waals surface area contributed by atoms with Gasteiger partial charge in [-0.1, -0.05) is 38.1 Å². The summed E-state index contributed by atoms with van der Waals surface area (Å²) in [6.45, 7) is 4.49. The molecule has 0 radical (unpaired) electrons. The van der Waals surface area contributed by atoms with Crippen LogP contribution in [-0.2, 0) is 9.59 Å². The van der Waals surface area contributed by atoms with Crippen LogP contribution in [0, 0.1) is 11.7 Å². The quantitative estimate of drug-likeness (QED) is 0.300. The van der Waals surface area contributed by atoms with E-state index in [4.69, 9.17) is 4.74 Å². The van der Waals surface area contributed by atoms with E-state index in [9.17, 15) is 24.2 Å². The molecule has 1 heterocycles. The van der Waals surface area contributed by atoms with Crippen LogP contribution in [0.3, 0.4) is 0 Å². The van der Waals surface area contributed by atoms with Gasteiger partial charge in [0.05, 0.1) is 18.2 Å². The second kappa shape index (κ2) is 9.39. The fourth-order valence-electron chi connectivity index (χ4n) is 3.86. The Morgan fingerprint density at radius 1 is 1.03 bits per heavy atom. The van der Waals surface area contributed by atoms with Crippen LogP contribution in [0.15, 0.2) is 78.4 Å². The highest BCUT2D eigenvalue weighted by Crippen LogP contribution is 2.43. The van der Waals surface area contributed by atoms with Crippen LogP contribution in [0.1, 0.15) is 31.0 Å². The fraction of sp³-hybridized carbons (Fsp3) is 0.185. The molecule has 1 amide bonds. The number of rotatable bonds is 6. The number of aliphatic hydroxyl groups is 1. The van der Waals surface area contributed by atoms with Crippen molar-refractivity contribution in [2.24, 2.45) is 5.92 Å². The number of aliphatic hydroxyl groups excluding tert-OH is 1. The number of phenolic OH excluding ortho intramolecular Hbond substituents is 1. The summed E-state index contributed by atoms with van der Waals surface area (Å²) in [6, 6.07) is 16.8. The minimum Gasteiger partial charge on any atom is -0.508 e.